The van der Waals surface area contributed by atoms with E-state index in [1.807, 2.05) is 0 Å². The molecule has 1 amide bonds. The van der Waals surface area contributed by atoms with Crippen molar-refractivity contribution in [2.75, 3.05) is 19.5 Å². The zero-order valence-corrected chi connectivity index (χ0v) is 13.1. The fourth-order valence-corrected chi connectivity index (χ4v) is 2.65. The van der Waals surface area contributed by atoms with Gasteiger partial charge in [0.25, 0.3) is 0 Å². The van der Waals surface area contributed by atoms with Gasteiger partial charge in [-0.05, 0) is 0 Å². The quantitative estimate of drug-likeness (QED) is 0.336. The molecule has 12 heteroatoms. The summed E-state index contributed by atoms with van der Waals surface area (Å²) in [6.45, 7) is -0.494. The molecule has 12 nitrogen and oxygen atoms in total. The molecule has 4 atom stereocenters. The second kappa shape index (κ2) is 6.58. The van der Waals surface area contributed by atoms with E-state index in [0.717, 1.165) is 7.11 Å². The lowest BCUT2D eigenvalue weighted by Crippen LogP contribution is -2.49. The van der Waals surface area contributed by atoms with Gasteiger partial charge < -0.3 is 30.7 Å². The van der Waals surface area contributed by atoms with E-state index in [0.29, 0.717) is 11.2 Å². The largest absolute Gasteiger partial charge is 0.462 e. The average molecular weight is 352 g/mol. The minimum absolute atomic E-state index is 0.149. The van der Waals surface area contributed by atoms with E-state index in [-0.39, 0.29) is 5.82 Å². The first kappa shape index (κ1) is 17.0. The molecule has 1 aliphatic rings. The van der Waals surface area contributed by atoms with E-state index in [4.69, 9.17) is 10.5 Å². The minimum Gasteiger partial charge on any atom is -0.462 e. The van der Waals surface area contributed by atoms with Gasteiger partial charge in [-0.3, -0.25) is 9.36 Å². The Morgan fingerprint density at radius 2 is 2.20 bits per heavy atom. The number of aliphatic hydroxyl groups excluding tert-OH is 2. The maximum absolute atomic E-state index is 11.8. The van der Waals surface area contributed by atoms with Crippen molar-refractivity contribution in [3.63, 3.8) is 0 Å². The number of carbonyl (C=O) groups is 2. The van der Waals surface area contributed by atoms with Crippen LogP contribution in [0, 0.1) is 0 Å². The number of hydrogen-bond acceptors (Lipinski definition) is 10. The van der Waals surface area contributed by atoms with Gasteiger partial charge in [-0.25, -0.2) is 19.7 Å². The first-order valence-corrected chi connectivity index (χ1v) is 7.24. The molecule has 25 heavy (non-hydrogen) atoms. The highest BCUT2D eigenvalue weighted by atomic mass is 16.5. The molecule has 0 bridgehead atoms. The molecule has 0 saturated carbocycles. The van der Waals surface area contributed by atoms with E-state index in [2.05, 4.69) is 25.0 Å². The molecule has 2 aromatic heterocycles. The summed E-state index contributed by atoms with van der Waals surface area (Å²) >= 11 is 0. The van der Waals surface area contributed by atoms with Crippen molar-refractivity contribution in [2.45, 2.75) is 24.5 Å². The van der Waals surface area contributed by atoms with Crippen LogP contribution in [0.3, 0.4) is 0 Å². The van der Waals surface area contributed by atoms with Gasteiger partial charge in [-0.15, -0.1) is 0 Å². The van der Waals surface area contributed by atoms with E-state index in [1.54, 1.807) is 0 Å². The van der Waals surface area contributed by atoms with Crippen LogP contribution in [0.5, 0.6) is 0 Å². The number of imidazole rings is 1. The minimum atomic E-state index is -1.28. The average Bonchev–Trinajstić information content (AvgIpc) is 3.17. The summed E-state index contributed by atoms with van der Waals surface area (Å²) in [5.41, 5.74) is 6.35. The van der Waals surface area contributed by atoms with Crippen molar-refractivity contribution < 1.29 is 29.3 Å². The number of rotatable bonds is 3. The molecular weight excluding hydrogens is 336 g/mol. The molecule has 134 valence electrons. The highest BCUT2D eigenvalue weighted by Crippen LogP contribution is 2.31. The Hall–Kier alpha value is -2.83. The number of amides is 1. The van der Waals surface area contributed by atoms with Crippen LogP contribution < -0.4 is 11.1 Å². The van der Waals surface area contributed by atoms with Crippen LogP contribution >= 0.6 is 0 Å². The van der Waals surface area contributed by atoms with Crippen molar-refractivity contribution in [3.05, 3.63) is 12.7 Å². The predicted octanol–water partition coefficient (Wildman–Crippen LogP) is -2.68. The van der Waals surface area contributed by atoms with Gasteiger partial charge in [0.1, 0.15) is 30.1 Å². The third-order valence-corrected chi connectivity index (χ3v) is 3.88. The van der Waals surface area contributed by atoms with Gasteiger partial charge in [-0.1, -0.05) is 0 Å². The van der Waals surface area contributed by atoms with Crippen LogP contribution in [0.2, 0.25) is 0 Å². The molecule has 5 N–H and O–H groups in total. The summed E-state index contributed by atoms with van der Waals surface area (Å²) in [6, 6.07) is -1.06. The number of nitrogens with zero attached hydrogens (tertiary/aromatic N) is 4. The SMILES string of the molecule is COC(=O)C(=O)N[C@@H]1[C@H](O)[C@@H](CO)O[C@H]1n1cnc2c(N)ncnc21. The third kappa shape index (κ3) is 2.86. The maximum atomic E-state index is 11.8. The van der Waals surface area contributed by atoms with Crippen LogP contribution in [0.25, 0.3) is 11.2 Å². The predicted molar refractivity (Wildman–Crippen MR) is 80.7 cm³/mol. The Morgan fingerprint density at radius 3 is 2.88 bits per heavy atom. The van der Waals surface area contributed by atoms with Crippen molar-refractivity contribution in [2.24, 2.45) is 0 Å². The normalized spacial score (nSPS) is 25.9. The van der Waals surface area contributed by atoms with Gasteiger partial charge in [0, 0.05) is 0 Å². The first-order valence-electron chi connectivity index (χ1n) is 7.24. The zero-order valence-electron chi connectivity index (χ0n) is 13.1. The first-order chi connectivity index (χ1) is 12.0. The highest BCUT2D eigenvalue weighted by molar-refractivity contribution is 6.32. The number of carbonyl (C=O) groups excluding carboxylic acids is 2. The summed E-state index contributed by atoms with van der Waals surface area (Å²) in [4.78, 5) is 35.1. The molecule has 0 aliphatic carbocycles. The summed E-state index contributed by atoms with van der Waals surface area (Å²) in [5, 5.41) is 22.0. The Balaban J connectivity index is 1.97. The van der Waals surface area contributed by atoms with Gasteiger partial charge >= 0.3 is 11.9 Å². The van der Waals surface area contributed by atoms with Crippen LogP contribution in [0.1, 0.15) is 6.23 Å². The summed E-state index contributed by atoms with van der Waals surface area (Å²) in [6.07, 6.45) is -0.665. The van der Waals surface area contributed by atoms with Crippen LogP contribution in [-0.4, -0.2) is 73.6 Å². The monoisotopic (exact) mass is 352 g/mol. The number of methoxy groups -OCH3 is 1. The number of nitrogen functional groups attached to an aromatic ring is 1. The molecule has 3 heterocycles. The third-order valence-electron chi connectivity index (χ3n) is 3.88. The van der Waals surface area contributed by atoms with Crippen molar-refractivity contribution >= 4 is 28.9 Å². The van der Waals surface area contributed by atoms with Gasteiger partial charge in [0.15, 0.2) is 17.7 Å². The van der Waals surface area contributed by atoms with Crippen LogP contribution in [0.4, 0.5) is 5.82 Å². The number of aromatic nitrogens is 4. The van der Waals surface area contributed by atoms with Crippen molar-refractivity contribution in [1.29, 1.82) is 0 Å². The maximum Gasteiger partial charge on any atom is 0.396 e. The topological polar surface area (TPSA) is 175 Å². The molecular formula is C13H16N6O6. The molecule has 2 aromatic rings. The number of nitrogens with two attached hydrogens (primary N) is 1. The lowest BCUT2D eigenvalue weighted by Gasteiger charge is -2.22. The number of hydrogen-bond donors (Lipinski definition) is 4. The van der Waals surface area contributed by atoms with Gasteiger partial charge in [-0.2, -0.15) is 0 Å². The highest BCUT2D eigenvalue weighted by Gasteiger charge is 2.46. The van der Waals surface area contributed by atoms with Crippen molar-refractivity contribution in [3.8, 4) is 0 Å². The molecule has 1 fully saturated rings. The lowest BCUT2D eigenvalue weighted by atomic mass is 10.1. The smallest absolute Gasteiger partial charge is 0.396 e. The number of anilines is 1. The summed E-state index contributed by atoms with van der Waals surface area (Å²) in [5.74, 6) is -2.03. The number of esters is 1. The van der Waals surface area contributed by atoms with Crippen LogP contribution in [0.15, 0.2) is 12.7 Å². The van der Waals surface area contributed by atoms with Crippen molar-refractivity contribution in [1.82, 2.24) is 24.8 Å². The number of fused-ring (bicyclic) bond motifs is 1. The van der Waals surface area contributed by atoms with E-state index < -0.39 is 43.0 Å². The lowest BCUT2D eigenvalue weighted by molar-refractivity contribution is -0.153. The molecule has 0 spiro atoms. The summed E-state index contributed by atoms with van der Waals surface area (Å²) < 4.78 is 11.4. The number of aliphatic hydroxyl groups is 2. The van der Waals surface area contributed by atoms with Gasteiger partial charge in [0.2, 0.25) is 0 Å². The fraction of sp³-hybridized carbons (Fsp3) is 0.462. The standard InChI is InChI=1S/C13H16N6O6/c1-24-13(23)11(22)18-6-8(21)5(2-20)25-12(6)19-4-17-7-9(14)15-3-16-10(7)19/h3-6,8,12,20-21H,2H2,1H3,(H,18,22)(H2,14,15,16)/t5-,6-,8-,12-/m1/s1. The molecule has 1 saturated heterocycles. The number of ether oxygens (including phenoxy) is 2. The molecule has 3 rings (SSSR count). The van der Waals surface area contributed by atoms with Crippen LogP contribution in [-0.2, 0) is 19.1 Å². The molecule has 1 aliphatic heterocycles. The summed E-state index contributed by atoms with van der Waals surface area (Å²) in [7, 11) is 1.06. The Kier molecular flexibility index (Phi) is 4.48. The zero-order chi connectivity index (χ0) is 18.1. The Bertz CT molecular complexity index is 809. The Morgan fingerprint density at radius 1 is 1.44 bits per heavy atom. The second-order valence-corrected chi connectivity index (χ2v) is 5.31. The fourth-order valence-electron chi connectivity index (χ4n) is 2.65. The van der Waals surface area contributed by atoms with E-state index in [1.165, 1.54) is 17.2 Å². The Labute approximate surface area is 140 Å². The molecule has 0 radical (unpaired) electrons. The van der Waals surface area contributed by atoms with E-state index in [9.17, 15) is 19.8 Å². The number of nitrogens with one attached hydrogen (secondary N) is 1. The van der Waals surface area contributed by atoms with Gasteiger partial charge in [0.05, 0.1) is 20.0 Å². The molecule has 0 aromatic carbocycles. The second-order valence-electron chi connectivity index (χ2n) is 5.31. The molecule has 0 unspecified atom stereocenters. The van der Waals surface area contributed by atoms with E-state index >= 15 is 0 Å².